The minimum atomic E-state index is -0.226. The van der Waals surface area contributed by atoms with Crippen molar-refractivity contribution in [2.75, 3.05) is 7.05 Å². The first-order chi connectivity index (χ1) is 7.31. The Balaban J connectivity index is 2.41. The van der Waals surface area contributed by atoms with E-state index in [0.717, 1.165) is 17.7 Å². The molecule has 0 amide bonds. The predicted octanol–water partition coefficient (Wildman–Crippen LogP) is 2.81. The summed E-state index contributed by atoms with van der Waals surface area (Å²) in [4.78, 5) is 0. The van der Waals surface area contributed by atoms with Crippen LogP contribution in [-0.4, -0.2) is 7.05 Å². The molecule has 0 spiro atoms. The van der Waals surface area contributed by atoms with E-state index in [-0.39, 0.29) is 5.82 Å². The molecule has 15 heavy (non-hydrogen) atoms. The van der Waals surface area contributed by atoms with Gasteiger partial charge in [0.2, 0.25) is 0 Å². The van der Waals surface area contributed by atoms with Gasteiger partial charge in [-0.25, -0.2) is 4.39 Å². The number of furan rings is 1. The molecule has 1 heterocycles. The van der Waals surface area contributed by atoms with Crippen molar-refractivity contribution < 1.29 is 8.81 Å². The summed E-state index contributed by atoms with van der Waals surface area (Å²) >= 11 is 0. The van der Waals surface area contributed by atoms with Gasteiger partial charge < -0.3 is 9.73 Å². The summed E-state index contributed by atoms with van der Waals surface area (Å²) in [7, 11) is 1.86. The molecular weight excluding hydrogens is 193 g/mol. The van der Waals surface area contributed by atoms with Crippen molar-refractivity contribution in [1.82, 2.24) is 5.32 Å². The number of benzene rings is 1. The van der Waals surface area contributed by atoms with E-state index >= 15 is 0 Å². The van der Waals surface area contributed by atoms with Gasteiger partial charge in [0, 0.05) is 17.7 Å². The first-order valence-corrected chi connectivity index (χ1v) is 4.77. The van der Waals surface area contributed by atoms with Crippen LogP contribution in [0.25, 0.3) is 11.1 Å². The van der Waals surface area contributed by atoms with E-state index in [1.54, 1.807) is 24.7 Å². The molecule has 1 aromatic carbocycles. The molecule has 0 saturated heterocycles. The molecular formula is C12H12FNO. The lowest BCUT2D eigenvalue weighted by molar-refractivity contribution is 0.567. The van der Waals surface area contributed by atoms with Gasteiger partial charge in [-0.1, -0.05) is 6.07 Å². The van der Waals surface area contributed by atoms with Gasteiger partial charge >= 0.3 is 0 Å². The fraction of sp³-hybridized carbons (Fsp3) is 0.167. The van der Waals surface area contributed by atoms with E-state index in [2.05, 4.69) is 5.32 Å². The van der Waals surface area contributed by atoms with E-state index in [9.17, 15) is 4.39 Å². The van der Waals surface area contributed by atoms with Crippen molar-refractivity contribution >= 4 is 0 Å². The second-order valence-corrected chi connectivity index (χ2v) is 3.36. The first-order valence-electron chi connectivity index (χ1n) is 4.77. The Morgan fingerprint density at radius 2 is 2.20 bits per heavy atom. The normalized spacial score (nSPS) is 10.5. The summed E-state index contributed by atoms with van der Waals surface area (Å²) in [5.74, 6) is -0.226. The molecule has 0 bridgehead atoms. The van der Waals surface area contributed by atoms with E-state index < -0.39 is 0 Å². The molecule has 0 aliphatic carbocycles. The maximum atomic E-state index is 13.5. The monoisotopic (exact) mass is 205 g/mol. The summed E-state index contributed by atoms with van der Waals surface area (Å²) in [6.07, 6.45) is 3.08. The van der Waals surface area contributed by atoms with Crippen molar-refractivity contribution in [3.8, 4) is 11.1 Å². The number of nitrogens with one attached hydrogen (secondary N) is 1. The highest BCUT2D eigenvalue weighted by Crippen LogP contribution is 2.24. The van der Waals surface area contributed by atoms with Gasteiger partial charge in [-0.15, -0.1) is 0 Å². The summed E-state index contributed by atoms with van der Waals surface area (Å²) in [6, 6.07) is 6.84. The molecule has 0 radical (unpaired) electrons. The zero-order valence-corrected chi connectivity index (χ0v) is 8.46. The summed E-state index contributed by atoms with van der Waals surface area (Å²) in [5.41, 5.74) is 2.40. The number of rotatable bonds is 3. The van der Waals surface area contributed by atoms with Gasteiger partial charge in [0.15, 0.2) is 0 Å². The smallest absolute Gasteiger partial charge is 0.131 e. The topological polar surface area (TPSA) is 25.2 Å². The average Bonchev–Trinajstić information content (AvgIpc) is 2.74. The third kappa shape index (κ3) is 2.07. The van der Waals surface area contributed by atoms with E-state index in [1.807, 2.05) is 13.1 Å². The molecule has 0 unspecified atom stereocenters. The number of hydrogen-bond donors (Lipinski definition) is 1. The molecule has 0 atom stereocenters. The minimum Gasteiger partial charge on any atom is -0.472 e. The van der Waals surface area contributed by atoms with Crippen LogP contribution in [-0.2, 0) is 6.54 Å². The molecule has 1 N–H and O–H groups in total. The van der Waals surface area contributed by atoms with E-state index in [0.29, 0.717) is 5.56 Å². The Kier molecular flexibility index (Phi) is 2.83. The molecule has 2 nitrogen and oxygen atoms in total. The average molecular weight is 205 g/mol. The molecule has 0 aliphatic heterocycles. The molecule has 1 aromatic heterocycles. The Labute approximate surface area is 87.7 Å². The third-order valence-corrected chi connectivity index (χ3v) is 2.24. The fourth-order valence-electron chi connectivity index (χ4n) is 1.53. The Bertz CT molecular complexity index is 437. The molecule has 0 saturated carbocycles. The highest BCUT2D eigenvalue weighted by molar-refractivity contribution is 5.63. The summed E-state index contributed by atoms with van der Waals surface area (Å²) in [6.45, 7) is 0.727. The molecule has 2 rings (SSSR count). The van der Waals surface area contributed by atoms with Crippen LogP contribution in [0.4, 0.5) is 4.39 Å². The van der Waals surface area contributed by atoms with Crippen LogP contribution in [0, 0.1) is 5.82 Å². The van der Waals surface area contributed by atoms with Crippen molar-refractivity contribution in [3.05, 3.63) is 48.2 Å². The summed E-state index contributed by atoms with van der Waals surface area (Å²) < 4.78 is 18.5. The maximum Gasteiger partial charge on any atom is 0.131 e. The lowest BCUT2D eigenvalue weighted by Gasteiger charge is -2.04. The maximum absolute atomic E-state index is 13.5. The minimum absolute atomic E-state index is 0.226. The largest absolute Gasteiger partial charge is 0.472 e. The standard InChI is InChI=1S/C12H12FNO/c1-14-7-9-2-3-12(13)11(6-9)10-4-5-15-8-10/h2-6,8,14H,7H2,1H3. The molecule has 2 aromatic rings. The highest BCUT2D eigenvalue weighted by atomic mass is 19.1. The van der Waals surface area contributed by atoms with Crippen molar-refractivity contribution in [3.63, 3.8) is 0 Å². The van der Waals surface area contributed by atoms with Crippen LogP contribution in [0.15, 0.2) is 41.2 Å². The Hall–Kier alpha value is -1.61. The van der Waals surface area contributed by atoms with Gasteiger partial charge in [-0.2, -0.15) is 0 Å². The van der Waals surface area contributed by atoms with Gasteiger partial charge in [-0.05, 0) is 30.8 Å². The molecule has 0 aliphatic rings. The van der Waals surface area contributed by atoms with E-state index in [1.165, 1.54) is 6.07 Å². The second kappa shape index (κ2) is 4.28. The SMILES string of the molecule is CNCc1ccc(F)c(-c2ccoc2)c1. The zero-order chi connectivity index (χ0) is 10.7. The second-order valence-electron chi connectivity index (χ2n) is 3.36. The van der Waals surface area contributed by atoms with Crippen LogP contribution in [0.2, 0.25) is 0 Å². The van der Waals surface area contributed by atoms with Crippen molar-refractivity contribution in [1.29, 1.82) is 0 Å². The van der Waals surface area contributed by atoms with Gasteiger partial charge in [0.05, 0.1) is 12.5 Å². The van der Waals surface area contributed by atoms with Crippen LogP contribution >= 0.6 is 0 Å². The van der Waals surface area contributed by atoms with Crippen LogP contribution < -0.4 is 5.32 Å². The lowest BCUT2D eigenvalue weighted by Crippen LogP contribution is -2.05. The van der Waals surface area contributed by atoms with Crippen LogP contribution in [0.1, 0.15) is 5.56 Å². The quantitative estimate of drug-likeness (QED) is 0.833. The molecule has 3 heteroatoms. The van der Waals surface area contributed by atoms with Crippen LogP contribution in [0.3, 0.4) is 0 Å². The van der Waals surface area contributed by atoms with Gasteiger partial charge in [0.25, 0.3) is 0 Å². The number of halogens is 1. The first kappa shape index (κ1) is 9.93. The van der Waals surface area contributed by atoms with Crippen LogP contribution in [0.5, 0.6) is 0 Å². The third-order valence-electron chi connectivity index (χ3n) is 2.24. The van der Waals surface area contributed by atoms with Crippen molar-refractivity contribution in [2.45, 2.75) is 6.54 Å². The highest BCUT2D eigenvalue weighted by Gasteiger charge is 2.06. The Morgan fingerprint density at radius 1 is 1.33 bits per heavy atom. The van der Waals surface area contributed by atoms with Gasteiger partial charge in [0.1, 0.15) is 5.82 Å². The van der Waals surface area contributed by atoms with Crippen molar-refractivity contribution in [2.24, 2.45) is 0 Å². The lowest BCUT2D eigenvalue weighted by atomic mass is 10.1. The Morgan fingerprint density at radius 3 is 2.87 bits per heavy atom. The molecule has 78 valence electrons. The predicted molar refractivity (Wildman–Crippen MR) is 56.9 cm³/mol. The molecule has 0 fully saturated rings. The number of hydrogen-bond acceptors (Lipinski definition) is 2. The van der Waals surface area contributed by atoms with Gasteiger partial charge in [-0.3, -0.25) is 0 Å². The summed E-state index contributed by atoms with van der Waals surface area (Å²) in [5, 5.41) is 3.03. The van der Waals surface area contributed by atoms with E-state index in [4.69, 9.17) is 4.42 Å². The zero-order valence-electron chi connectivity index (χ0n) is 8.46. The fourth-order valence-corrected chi connectivity index (χ4v) is 1.53.